The van der Waals surface area contributed by atoms with E-state index in [2.05, 4.69) is 20.6 Å². The first-order valence-electron chi connectivity index (χ1n) is 4.67. The van der Waals surface area contributed by atoms with Gasteiger partial charge in [-0.15, -0.1) is 0 Å². The second-order valence-corrected chi connectivity index (χ2v) is 4.01. The van der Waals surface area contributed by atoms with E-state index in [4.69, 9.17) is 23.2 Å². The van der Waals surface area contributed by atoms with Crippen LogP contribution in [0.4, 0.5) is 5.82 Å². The number of nitrogens with zero attached hydrogens (tertiary/aromatic N) is 2. The van der Waals surface area contributed by atoms with Gasteiger partial charge in [0.05, 0.1) is 0 Å². The molecule has 1 rings (SSSR count). The van der Waals surface area contributed by atoms with Crippen LogP contribution in [0.15, 0.2) is 6.33 Å². The van der Waals surface area contributed by atoms with E-state index in [9.17, 15) is 4.79 Å². The maximum absolute atomic E-state index is 11.7. The van der Waals surface area contributed by atoms with Crippen LogP contribution in [-0.2, 0) is 4.79 Å². The highest BCUT2D eigenvalue weighted by Gasteiger charge is 2.15. The summed E-state index contributed by atoms with van der Waals surface area (Å²) >= 11 is 11.5. The van der Waals surface area contributed by atoms with Gasteiger partial charge in [-0.1, -0.05) is 30.1 Å². The van der Waals surface area contributed by atoms with Gasteiger partial charge in [0.15, 0.2) is 11.0 Å². The number of carbonyl (C=O) groups excluding carboxylic acids is 1. The Morgan fingerprint density at radius 3 is 2.81 bits per heavy atom. The fraction of sp³-hybridized carbons (Fsp3) is 0.444. The zero-order valence-corrected chi connectivity index (χ0v) is 10.4. The van der Waals surface area contributed by atoms with E-state index < -0.39 is 0 Å². The van der Waals surface area contributed by atoms with E-state index in [1.54, 1.807) is 14.0 Å². The maximum Gasteiger partial charge on any atom is 0.229 e. The summed E-state index contributed by atoms with van der Waals surface area (Å²) in [7, 11) is 1.78. The summed E-state index contributed by atoms with van der Waals surface area (Å²) in [6, 6.07) is 0. The van der Waals surface area contributed by atoms with E-state index in [0.29, 0.717) is 6.54 Å². The third-order valence-electron chi connectivity index (χ3n) is 1.95. The van der Waals surface area contributed by atoms with Gasteiger partial charge in [0.1, 0.15) is 11.3 Å². The van der Waals surface area contributed by atoms with Crippen LogP contribution < -0.4 is 10.6 Å². The number of aromatic nitrogens is 2. The number of amides is 1. The third-order valence-corrected chi connectivity index (χ3v) is 2.69. The largest absolute Gasteiger partial charge is 0.319 e. The van der Waals surface area contributed by atoms with Crippen molar-refractivity contribution < 1.29 is 4.79 Å². The summed E-state index contributed by atoms with van der Waals surface area (Å²) in [5, 5.41) is 5.76. The van der Waals surface area contributed by atoms with Crippen LogP contribution in [-0.4, -0.2) is 29.5 Å². The molecule has 0 aliphatic rings. The van der Waals surface area contributed by atoms with Crippen LogP contribution in [0.25, 0.3) is 0 Å². The zero-order valence-electron chi connectivity index (χ0n) is 8.92. The average molecular weight is 263 g/mol. The lowest BCUT2D eigenvalue weighted by atomic mass is 10.1. The first-order chi connectivity index (χ1) is 7.56. The van der Waals surface area contributed by atoms with Gasteiger partial charge in [0, 0.05) is 12.5 Å². The molecule has 1 aromatic rings. The lowest BCUT2D eigenvalue weighted by molar-refractivity contribution is -0.119. The van der Waals surface area contributed by atoms with Crippen molar-refractivity contribution in [1.29, 1.82) is 0 Å². The zero-order chi connectivity index (χ0) is 12.1. The average Bonchev–Trinajstić information content (AvgIpc) is 2.25. The summed E-state index contributed by atoms with van der Waals surface area (Å²) in [5.74, 6) is -0.129. The summed E-state index contributed by atoms with van der Waals surface area (Å²) < 4.78 is 0. The minimum Gasteiger partial charge on any atom is -0.319 e. The van der Waals surface area contributed by atoms with Gasteiger partial charge in [-0.2, -0.15) is 0 Å². The molecule has 1 aromatic heterocycles. The van der Waals surface area contributed by atoms with Crippen molar-refractivity contribution in [2.24, 2.45) is 5.92 Å². The Balaban J connectivity index is 2.73. The molecule has 0 spiro atoms. The molecule has 7 heteroatoms. The number of carbonyl (C=O) groups is 1. The van der Waals surface area contributed by atoms with Crippen LogP contribution in [0.5, 0.6) is 0 Å². The second-order valence-electron chi connectivity index (χ2n) is 3.28. The molecule has 0 aliphatic carbocycles. The molecule has 0 aliphatic heterocycles. The lowest BCUT2D eigenvalue weighted by Gasteiger charge is -2.11. The summed E-state index contributed by atoms with van der Waals surface area (Å²) in [6.07, 6.45) is 1.24. The Morgan fingerprint density at radius 2 is 2.19 bits per heavy atom. The van der Waals surface area contributed by atoms with Crippen molar-refractivity contribution >= 4 is 34.9 Å². The van der Waals surface area contributed by atoms with Crippen molar-refractivity contribution in [2.45, 2.75) is 6.92 Å². The molecule has 88 valence electrons. The molecule has 1 atom stereocenters. The molecule has 0 radical (unpaired) electrons. The van der Waals surface area contributed by atoms with E-state index in [1.165, 1.54) is 6.33 Å². The molecule has 0 bridgehead atoms. The molecule has 0 saturated heterocycles. The number of nitrogens with one attached hydrogen (secondary N) is 2. The Kier molecular flexibility index (Phi) is 4.92. The molecule has 0 saturated carbocycles. The molecule has 1 amide bonds. The number of hydrogen-bond acceptors (Lipinski definition) is 4. The van der Waals surface area contributed by atoms with Crippen LogP contribution >= 0.6 is 23.2 Å². The van der Waals surface area contributed by atoms with E-state index in [0.717, 1.165) is 0 Å². The number of hydrogen-bond donors (Lipinski definition) is 2. The van der Waals surface area contributed by atoms with Gasteiger partial charge in [-0.3, -0.25) is 4.79 Å². The summed E-state index contributed by atoms with van der Waals surface area (Å²) in [4.78, 5) is 19.2. The smallest absolute Gasteiger partial charge is 0.229 e. The van der Waals surface area contributed by atoms with Crippen molar-refractivity contribution in [3.05, 3.63) is 16.5 Å². The van der Waals surface area contributed by atoms with Crippen LogP contribution in [0.2, 0.25) is 10.2 Å². The maximum atomic E-state index is 11.7. The Morgan fingerprint density at radius 1 is 1.50 bits per heavy atom. The van der Waals surface area contributed by atoms with Gasteiger partial charge >= 0.3 is 0 Å². The fourth-order valence-corrected chi connectivity index (χ4v) is 1.35. The van der Waals surface area contributed by atoms with Gasteiger partial charge in [0.2, 0.25) is 5.91 Å². The highest BCUT2D eigenvalue weighted by Crippen LogP contribution is 2.25. The molecule has 0 fully saturated rings. The molecule has 16 heavy (non-hydrogen) atoms. The SMILES string of the molecule is CNCC(C)C(=O)Nc1ncnc(Cl)c1Cl. The molecule has 0 aromatic carbocycles. The molecule has 1 heterocycles. The fourth-order valence-electron chi connectivity index (χ4n) is 1.07. The number of anilines is 1. The molecule has 5 nitrogen and oxygen atoms in total. The quantitative estimate of drug-likeness (QED) is 0.809. The minimum atomic E-state index is -0.185. The second kappa shape index (κ2) is 5.98. The van der Waals surface area contributed by atoms with Gasteiger partial charge in [0.25, 0.3) is 0 Å². The minimum absolute atomic E-state index is 0.119. The predicted octanol–water partition coefficient (Wildman–Crippen LogP) is 1.58. The van der Waals surface area contributed by atoms with E-state index in [1.807, 2.05) is 0 Å². The number of rotatable bonds is 4. The molecular weight excluding hydrogens is 251 g/mol. The monoisotopic (exact) mass is 262 g/mol. The highest BCUT2D eigenvalue weighted by molar-refractivity contribution is 6.42. The summed E-state index contributed by atoms with van der Waals surface area (Å²) in [5.41, 5.74) is 0. The van der Waals surface area contributed by atoms with Gasteiger partial charge in [-0.05, 0) is 7.05 Å². The van der Waals surface area contributed by atoms with Crippen LogP contribution in [0, 0.1) is 5.92 Å². The van der Waals surface area contributed by atoms with E-state index in [-0.39, 0.29) is 27.8 Å². The molecule has 2 N–H and O–H groups in total. The normalized spacial score (nSPS) is 12.2. The van der Waals surface area contributed by atoms with Crippen molar-refractivity contribution in [2.75, 3.05) is 18.9 Å². The Hall–Kier alpha value is -0.910. The van der Waals surface area contributed by atoms with Crippen molar-refractivity contribution in [3.8, 4) is 0 Å². The predicted molar refractivity (Wildman–Crippen MR) is 63.8 cm³/mol. The lowest BCUT2D eigenvalue weighted by Crippen LogP contribution is -2.29. The standard InChI is InChI=1S/C9H12Cl2N4O/c1-5(3-12-2)9(16)15-8-6(10)7(11)13-4-14-8/h4-5,12H,3H2,1-2H3,(H,13,14,15,16). The van der Waals surface area contributed by atoms with E-state index >= 15 is 0 Å². The Labute approximate surface area is 104 Å². The highest BCUT2D eigenvalue weighted by atomic mass is 35.5. The van der Waals surface area contributed by atoms with Gasteiger partial charge in [-0.25, -0.2) is 9.97 Å². The first-order valence-corrected chi connectivity index (χ1v) is 5.43. The van der Waals surface area contributed by atoms with Crippen molar-refractivity contribution in [1.82, 2.24) is 15.3 Å². The van der Waals surface area contributed by atoms with Crippen LogP contribution in [0.3, 0.4) is 0 Å². The number of halogens is 2. The van der Waals surface area contributed by atoms with Gasteiger partial charge < -0.3 is 10.6 Å². The molecular formula is C9H12Cl2N4O. The third kappa shape index (κ3) is 3.30. The summed E-state index contributed by atoms with van der Waals surface area (Å²) in [6.45, 7) is 2.37. The topological polar surface area (TPSA) is 66.9 Å². The van der Waals surface area contributed by atoms with Crippen LogP contribution in [0.1, 0.15) is 6.92 Å². The Bertz CT molecular complexity index is 386. The molecule has 1 unspecified atom stereocenters. The van der Waals surface area contributed by atoms with Crippen molar-refractivity contribution in [3.63, 3.8) is 0 Å². The first kappa shape index (κ1) is 13.2.